The predicted molar refractivity (Wildman–Crippen MR) is 78.4 cm³/mol. The lowest BCUT2D eigenvalue weighted by molar-refractivity contribution is -0.134. The van der Waals surface area contributed by atoms with E-state index in [0.29, 0.717) is 12.5 Å². The van der Waals surface area contributed by atoms with Crippen molar-refractivity contribution >= 4 is 11.9 Å². The molecule has 5 heteroatoms. The molecular weight excluding hydrogens is 254 g/mol. The molecule has 1 saturated carbocycles. The Bertz CT molecular complexity index is 370. The van der Waals surface area contributed by atoms with Crippen LogP contribution in [-0.4, -0.2) is 41.5 Å². The van der Waals surface area contributed by atoms with Crippen molar-refractivity contribution in [2.45, 2.75) is 64.5 Å². The fraction of sp³-hybridized carbons (Fsp3) is 0.867. The second-order valence-corrected chi connectivity index (χ2v) is 7.10. The molecule has 0 spiro atoms. The summed E-state index contributed by atoms with van der Waals surface area (Å²) in [4.78, 5) is 26.1. The van der Waals surface area contributed by atoms with Gasteiger partial charge in [-0.2, -0.15) is 0 Å². The number of amides is 3. The van der Waals surface area contributed by atoms with Gasteiger partial charge in [0.1, 0.15) is 0 Å². The highest BCUT2D eigenvalue weighted by atomic mass is 16.2. The van der Waals surface area contributed by atoms with E-state index >= 15 is 0 Å². The van der Waals surface area contributed by atoms with Gasteiger partial charge >= 0.3 is 6.03 Å². The number of nitrogens with zero attached hydrogens (tertiary/aromatic N) is 1. The molecule has 1 aliphatic heterocycles. The molecule has 1 aliphatic carbocycles. The lowest BCUT2D eigenvalue weighted by Gasteiger charge is -2.23. The molecule has 1 saturated heterocycles. The Labute approximate surface area is 121 Å². The standard InChI is InChI=1S/C15H27N3O2/c1-15(2,3)17-14(20)16-12-8-9-18(10-12)13(19)11-6-4-5-7-11/h11-12H,4-10H2,1-3H3,(H2,16,17,20)/t12-/m1/s1. The lowest BCUT2D eigenvalue weighted by atomic mass is 10.1. The van der Waals surface area contributed by atoms with E-state index in [9.17, 15) is 9.59 Å². The summed E-state index contributed by atoms with van der Waals surface area (Å²) in [6, 6.07) is -0.0552. The van der Waals surface area contributed by atoms with Crippen LogP contribution in [0, 0.1) is 5.92 Å². The van der Waals surface area contributed by atoms with Gasteiger partial charge in [-0.3, -0.25) is 4.79 Å². The average Bonchev–Trinajstić information content (AvgIpc) is 2.95. The Morgan fingerprint density at radius 2 is 1.75 bits per heavy atom. The summed E-state index contributed by atoms with van der Waals surface area (Å²) in [6.07, 6.45) is 5.30. The molecular formula is C15H27N3O2. The molecule has 2 aliphatic rings. The Balaban J connectivity index is 1.77. The summed E-state index contributed by atoms with van der Waals surface area (Å²) in [7, 11) is 0. The van der Waals surface area contributed by atoms with E-state index in [0.717, 1.165) is 25.8 Å². The third-order valence-electron chi connectivity index (χ3n) is 4.03. The lowest BCUT2D eigenvalue weighted by Crippen LogP contribution is -2.50. The molecule has 0 aromatic heterocycles. The van der Waals surface area contributed by atoms with E-state index in [1.807, 2.05) is 25.7 Å². The zero-order chi connectivity index (χ0) is 14.8. The summed E-state index contributed by atoms with van der Waals surface area (Å²) in [5, 5.41) is 5.86. The quantitative estimate of drug-likeness (QED) is 0.812. The van der Waals surface area contributed by atoms with Crippen LogP contribution >= 0.6 is 0 Å². The van der Waals surface area contributed by atoms with Gasteiger partial charge in [0.2, 0.25) is 5.91 Å². The summed E-state index contributed by atoms with van der Waals surface area (Å²) in [5.74, 6) is 0.528. The second kappa shape index (κ2) is 6.02. The predicted octanol–water partition coefficient (Wildman–Crippen LogP) is 1.88. The van der Waals surface area contributed by atoms with Crippen molar-refractivity contribution in [3.05, 3.63) is 0 Å². The van der Waals surface area contributed by atoms with Gasteiger partial charge in [-0.05, 0) is 40.0 Å². The fourth-order valence-corrected chi connectivity index (χ4v) is 3.07. The van der Waals surface area contributed by atoms with Gasteiger partial charge in [0.05, 0.1) is 0 Å². The monoisotopic (exact) mass is 281 g/mol. The molecule has 2 rings (SSSR count). The number of urea groups is 1. The second-order valence-electron chi connectivity index (χ2n) is 7.10. The molecule has 0 unspecified atom stereocenters. The van der Waals surface area contributed by atoms with Crippen molar-refractivity contribution in [1.82, 2.24) is 15.5 Å². The van der Waals surface area contributed by atoms with Crippen LogP contribution in [0.25, 0.3) is 0 Å². The van der Waals surface area contributed by atoms with Crippen molar-refractivity contribution in [2.24, 2.45) is 5.92 Å². The number of hydrogen-bond donors (Lipinski definition) is 2. The van der Waals surface area contributed by atoms with Gasteiger partial charge in [-0.1, -0.05) is 12.8 Å². The van der Waals surface area contributed by atoms with E-state index < -0.39 is 0 Å². The average molecular weight is 281 g/mol. The molecule has 0 aromatic rings. The molecule has 20 heavy (non-hydrogen) atoms. The Morgan fingerprint density at radius 1 is 1.10 bits per heavy atom. The minimum absolute atomic E-state index is 0.0858. The maximum Gasteiger partial charge on any atom is 0.315 e. The minimum Gasteiger partial charge on any atom is -0.340 e. The largest absolute Gasteiger partial charge is 0.340 e. The molecule has 0 bridgehead atoms. The number of carbonyl (C=O) groups is 2. The molecule has 2 N–H and O–H groups in total. The summed E-state index contributed by atoms with van der Waals surface area (Å²) < 4.78 is 0. The SMILES string of the molecule is CC(C)(C)NC(=O)N[C@@H]1CCN(C(=O)C2CCCC2)C1. The topological polar surface area (TPSA) is 61.4 Å². The van der Waals surface area contributed by atoms with Crippen molar-refractivity contribution in [2.75, 3.05) is 13.1 Å². The summed E-state index contributed by atoms with van der Waals surface area (Å²) in [5.41, 5.74) is -0.234. The highest BCUT2D eigenvalue weighted by molar-refractivity contribution is 5.80. The first-order valence-corrected chi connectivity index (χ1v) is 7.72. The summed E-state index contributed by atoms with van der Waals surface area (Å²) in [6.45, 7) is 7.30. The smallest absolute Gasteiger partial charge is 0.315 e. The van der Waals surface area contributed by atoms with Crippen LogP contribution in [0.15, 0.2) is 0 Å². The number of likely N-dealkylation sites (tertiary alicyclic amines) is 1. The molecule has 1 heterocycles. The van der Waals surface area contributed by atoms with Crippen molar-refractivity contribution < 1.29 is 9.59 Å². The van der Waals surface area contributed by atoms with Crippen LogP contribution in [0.3, 0.4) is 0 Å². The Hall–Kier alpha value is -1.26. The normalized spacial score (nSPS) is 23.9. The molecule has 5 nitrogen and oxygen atoms in total. The van der Waals surface area contributed by atoms with E-state index in [-0.39, 0.29) is 23.5 Å². The first kappa shape index (κ1) is 15.1. The van der Waals surface area contributed by atoms with Crippen molar-refractivity contribution in [3.8, 4) is 0 Å². The molecule has 0 aromatic carbocycles. The van der Waals surface area contributed by atoms with Crippen molar-refractivity contribution in [1.29, 1.82) is 0 Å². The number of carbonyl (C=O) groups excluding carboxylic acids is 2. The highest BCUT2D eigenvalue weighted by Crippen LogP contribution is 2.27. The minimum atomic E-state index is -0.234. The first-order chi connectivity index (χ1) is 9.35. The van der Waals surface area contributed by atoms with Gasteiger partial charge in [0.15, 0.2) is 0 Å². The molecule has 3 amide bonds. The highest BCUT2D eigenvalue weighted by Gasteiger charge is 2.32. The van der Waals surface area contributed by atoms with E-state index in [2.05, 4.69) is 10.6 Å². The van der Waals surface area contributed by atoms with E-state index in [4.69, 9.17) is 0 Å². The maximum atomic E-state index is 12.3. The molecule has 2 fully saturated rings. The fourth-order valence-electron chi connectivity index (χ4n) is 3.07. The van der Waals surface area contributed by atoms with E-state index in [1.165, 1.54) is 12.8 Å². The van der Waals surface area contributed by atoms with Crippen LogP contribution in [0.5, 0.6) is 0 Å². The summed E-state index contributed by atoms with van der Waals surface area (Å²) >= 11 is 0. The number of rotatable bonds is 2. The van der Waals surface area contributed by atoms with Crippen LogP contribution < -0.4 is 10.6 Å². The van der Waals surface area contributed by atoms with Gasteiger partial charge in [0, 0.05) is 30.6 Å². The van der Waals surface area contributed by atoms with Crippen LogP contribution in [0.2, 0.25) is 0 Å². The third-order valence-corrected chi connectivity index (χ3v) is 4.03. The van der Waals surface area contributed by atoms with Gasteiger partial charge in [-0.15, -0.1) is 0 Å². The number of hydrogen-bond acceptors (Lipinski definition) is 2. The van der Waals surface area contributed by atoms with Crippen molar-refractivity contribution in [3.63, 3.8) is 0 Å². The number of nitrogens with one attached hydrogen (secondary N) is 2. The maximum absolute atomic E-state index is 12.3. The molecule has 114 valence electrons. The van der Waals surface area contributed by atoms with Crippen LogP contribution in [0.1, 0.15) is 52.9 Å². The van der Waals surface area contributed by atoms with Crippen LogP contribution in [-0.2, 0) is 4.79 Å². The third kappa shape index (κ3) is 4.12. The zero-order valence-corrected chi connectivity index (χ0v) is 12.9. The first-order valence-electron chi connectivity index (χ1n) is 7.72. The Kier molecular flexibility index (Phi) is 4.55. The zero-order valence-electron chi connectivity index (χ0n) is 12.9. The molecule has 1 atom stereocenters. The Morgan fingerprint density at radius 3 is 2.35 bits per heavy atom. The van der Waals surface area contributed by atoms with Gasteiger partial charge < -0.3 is 15.5 Å². The van der Waals surface area contributed by atoms with E-state index in [1.54, 1.807) is 0 Å². The van der Waals surface area contributed by atoms with Gasteiger partial charge in [-0.25, -0.2) is 4.79 Å². The van der Waals surface area contributed by atoms with Gasteiger partial charge in [0.25, 0.3) is 0 Å². The van der Waals surface area contributed by atoms with Crippen LogP contribution in [0.4, 0.5) is 4.79 Å². The molecule has 0 radical (unpaired) electrons.